The van der Waals surface area contributed by atoms with E-state index in [4.69, 9.17) is 0 Å². The third-order valence-electron chi connectivity index (χ3n) is 6.09. The van der Waals surface area contributed by atoms with Crippen LogP contribution >= 0.6 is 15.9 Å². The van der Waals surface area contributed by atoms with Crippen LogP contribution in [-0.4, -0.2) is 44.8 Å². The van der Waals surface area contributed by atoms with Crippen LogP contribution in [0.15, 0.2) is 70.0 Å². The first-order valence-corrected chi connectivity index (χ1v) is 13.3. The van der Waals surface area contributed by atoms with Crippen molar-refractivity contribution in [3.05, 3.63) is 70.7 Å². The van der Waals surface area contributed by atoms with Crippen molar-refractivity contribution in [3.63, 3.8) is 0 Å². The van der Waals surface area contributed by atoms with Crippen LogP contribution in [0.1, 0.15) is 25.3 Å². The monoisotopic (exact) mass is 543 g/mol. The summed E-state index contributed by atoms with van der Waals surface area (Å²) >= 11 is 3.44. The molecule has 2 amide bonds. The highest BCUT2D eigenvalue weighted by Gasteiger charge is 2.35. The molecule has 1 aliphatic rings. The number of sulfonamides is 1. The summed E-state index contributed by atoms with van der Waals surface area (Å²) in [5.74, 6) is -0.462. The van der Waals surface area contributed by atoms with Gasteiger partial charge in [0.15, 0.2) is 0 Å². The fraction of sp³-hybridized carbons (Fsp3) is 0.280. The zero-order valence-electron chi connectivity index (χ0n) is 19.0. The number of halogens is 1. The molecule has 34 heavy (non-hydrogen) atoms. The minimum atomic E-state index is -3.66. The lowest BCUT2D eigenvalue weighted by atomic mass is 10.1. The Labute approximate surface area is 207 Å². The fourth-order valence-corrected chi connectivity index (χ4v) is 6.54. The van der Waals surface area contributed by atoms with Crippen molar-refractivity contribution in [2.75, 3.05) is 17.9 Å². The average Bonchev–Trinajstić information content (AvgIpc) is 3.04. The lowest BCUT2D eigenvalue weighted by Crippen LogP contribution is -2.46. The predicted molar refractivity (Wildman–Crippen MR) is 136 cm³/mol. The number of rotatable bonds is 8. The van der Waals surface area contributed by atoms with Crippen LogP contribution in [0.4, 0.5) is 5.69 Å². The van der Waals surface area contributed by atoms with Gasteiger partial charge in [-0.25, -0.2) is 8.42 Å². The van der Waals surface area contributed by atoms with Crippen LogP contribution in [0.2, 0.25) is 0 Å². The molecule has 0 spiro atoms. The van der Waals surface area contributed by atoms with E-state index in [1.807, 2.05) is 42.5 Å². The number of amides is 2. The molecule has 1 N–H and O–H groups in total. The van der Waals surface area contributed by atoms with E-state index in [0.717, 1.165) is 20.8 Å². The number of nitrogens with zero attached hydrogens (tertiary/aromatic N) is 2. The van der Waals surface area contributed by atoms with Crippen molar-refractivity contribution in [3.8, 4) is 0 Å². The number of likely N-dealkylation sites (N-methyl/N-ethyl adjacent to an activating group) is 1. The smallest absolute Gasteiger partial charge is 0.265 e. The summed E-state index contributed by atoms with van der Waals surface area (Å²) < 4.78 is 28.6. The summed E-state index contributed by atoms with van der Waals surface area (Å²) in [6, 6.07) is 17.7. The Morgan fingerprint density at radius 1 is 1.09 bits per heavy atom. The molecule has 1 atom stereocenters. The van der Waals surface area contributed by atoms with E-state index in [1.165, 1.54) is 16.3 Å². The van der Waals surface area contributed by atoms with Gasteiger partial charge in [0.2, 0.25) is 11.8 Å². The number of carbonyl (C=O) groups is 2. The Balaban J connectivity index is 1.50. The number of benzene rings is 3. The van der Waals surface area contributed by atoms with Gasteiger partial charge in [-0.1, -0.05) is 52.3 Å². The number of hydrogen-bond acceptors (Lipinski definition) is 4. The summed E-state index contributed by atoms with van der Waals surface area (Å²) in [5.41, 5.74) is 1.54. The maximum Gasteiger partial charge on any atom is 0.265 e. The molecular formula is C25H26BrN3O4S. The molecule has 9 heteroatoms. The molecule has 0 unspecified atom stereocenters. The Kier molecular flexibility index (Phi) is 6.95. The van der Waals surface area contributed by atoms with Gasteiger partial charge in [-0.05, 0) is 48.6 Å². The topological polar surface area (TPSA) is 86.8 Å². The maximum absolute atomic E-state index is 13.2. The average molecular weight is 544 g/mol. The molecule has 0 radical (unpaired) electrons. The number of nitrogens with one attached hydrogen (secondary N) is 1. The first kappa shape index (κ1) is 24.2. The highest BCUT2D eigenvalue weighted by atomic mass is 79.9. The van der Waals surface area contributed by atoms with Gasteiger partial charge in [0, 0.05) is 36.4 Å². The van der Waals surface area contributed by atoms with Gasteiger partial charge in [0.1, 0.15) is 6.04 Å². The Bertz CT molecular complexity index is 1350. The molecule has 178 valence electrons. The minimum Gasteiger partial charge on any atom is -0.357 e. The van der Waals surface area contributed by atoms with Crippen molar-refractivity contribution in [1.29, 1.82) is 0 Å². The Morgan fingerprint density at radius 2 is 1.79 bits per heavy atom. The standard InChI is InChI=1S/C25H26BrN3O4S/c1-17(25(31)27-2)28(16-18-7-3-10-20(26)15-18)23(30)13-6-14-29-21-11-4-8-19-9-5-12-22(24(19)21)34(29,32)33/h3-5,7-12,15,17H,6,13-14,16H2,1-2H3,(H,27,31)/t17-/m0/s1. The van der Waals surface area contributed by atoms with E-state index in [2.05, 4.69) is 21.2 Å². The largest absolute Gasteiger partial charge is 0.357 e. The third kappa shape index (κ3) is 4.54. The highest BCUT2D eigenvalue weighted by molar-refractivity contribution is 9.10. The van der Waals surface area contributed by atoms with E-state index in [1.54, 1.807) is 25.1 Å². The zero-order valence-corrected chi connectivity index (χ0v) is 21.4. The fourth-order valence-electron chi connectivity index (χ4n) is 4.34. The molecule has 7 nitrogen and oxygen atoms in total. The maximum atomic E-state index is 13.2. The molecule has 0 fully saturated rings. The van der Waals surface area contributed by atoms with Crippen LogP contribution in [0.25, 0.3) is 10.8 Å². The molecule has 1 aliphatic heterocycles. The van der Waals surface area contributed by atoms with Gasteiger partial charge in [-0.3, -0.25) is 13.9 Å². The van der Waals surface area contributed by atoms with Crippen LogP contribution in [0.3, 0.4) is 0 Å². The first-order valence-electron chi connectivity index (χ1n) is 11.0. The van der Waals surface area contributed by atoms with E-state index >= 15 is 0 Å². The molecule has 0 aromatic heterocycles. The van der Waals surface area contributed by atoms with Gasteiger partial charge >= 0.3 is 0 Å². The van der Waals surface area contributed by atoms with Crippen LogP contribution in [0.5, 0.6) is 0 Å². The lowest BCUT2D eigenvalue weighted by molar-refractivity contribution is -0.140. The van der Waals surface area contributed by atoms with Gasteiger partial charge in [0.25, 0.3) is 10.0 Å². The lowest BCUT2D eigenvalue weighted by Gasteiger charge is -2.29. The van der Waals surface area contributed by atoms with E-state index < -0.39 is 16.1 Å². The third-order valence-corrected chi connectivity index (χ3v) is 8.44. The van der Waals surface area contributed by atoms with Crippen molar-refractivity contribution >= 4 is 54.2 Å². The van der Waals surface area contributed by atoms with Gasteiger partial charge < -0.3 is 10.2 Å². The van der Waals surface area contributed by atoms with Gasteiger partial charge in [-0.2, -0.15) is 0 Å². The second-order valence-electron chi connectivity index (χ2n) is 8.25. The summed E-state index contributed by atoms with van der Waals surface area (Å²) in [4.78, 5) is 27.4. The summed E-state index contributed by atoms with van der Waals surface area (Å²) in [6.07, 6.45) is 0.450. The van der Waals surface area contributed by atoms with Crippen molar-refractivity contribution in [2.24, 2.45) is 0 Å². The zero-order chi connectivity index (χ0) is 24.5. The molecule has 0 aliphatic carbocycles. The van der Waals surface area contributed by atoms with Crippen molar-refractivity contribution in [2.45, 2.75) is 37.2 Å². The summed E-state index contributed by atoms with van der Waals surface area (Å²) in [6.45, 7) is 2.15. The van der Waals surface area contributed by atoms with Crippen LogP contribution in [-0.2, 0) is 26.2 Å². The normalized spacial score (nSPS) is 14.7. The SMILES string of the molecule is CNC(=O)[C@H](C)N(Cc1cccc(Br)c1)C(=O)CCCN1c2cccc3cccc(c23)S1(=O)=O. The number of carbonyl (C=O) groups excluding carboxylic acids is 2. The Morgan fingerprint density at radius 3 is 2.50 bits per heavy atom. The van der Waals surface area contributed by atoms with Gasteiger partial charge in [-0.15, -0.1) is 0 Å². The molecule has 1 heterocycles. The molecule has 4 rings (SSSR count). The first-order chi connectivity index (χ1) is 16.2. The molecule has 0 saturated carbocycles. The van der Waals surface area contributed by atoms with Crippen LogP contribution in [0, 0.1) is 0 Å². The second kappa shape index (κ2) is 9.76. The Hall–Kier alpha value is -2.91. The van der Waals surface area contributed by atoms with E-state index in [9.17, 15) is 18.0 Å². The molecular weight excluding hydrogens is 518 g/mol. The molecule has 3 aromatic carbocycles. The quantitative estimate of drug-likeness (QED) is 0.464. The summed E-state index contributed by atoms with van der Waals surface area (Å²) in [5, 5.41) is 4.20. The number of hydrogen-bond donors (Lipinski definition) is 1. The van der Waals surface area contributed by atoms with E-state index in [0.29, 0.717) is 17.0 Å². The van der Waals surface area contributed by atoms with E-state index in [-0.39, 0.29) is 31.3 Å². The second-order valence-corrected chi connectivity index (χ2v) is 11.0. The summed E-state index contributed by atoms with van der Waals surface area (Å²) in [7, 11) is -2.13. The number of anilines is 1. The van der Waals surface area contributed by atoms with Crippen LogP contribution < -0.4 is 9.62 Å². The molecule has 0 saturated heterocycles. The van der Waals surface area contributed by atoms with Crippen molar-refractivity contribution < 1.29 is 18.0 Å². The predicted octanol–water partition coefficient (Wildman–Crippen LogP) is 4.05. The molecule has 0 bridgehead atoms. The highest BCUT2D eigenvalue weighted by Crippen LogP contribution is 2.42. The minimum absolute atomic E-state index is 0.119. The van der Waals surface area contributed by atoms with Gasteiger partial charge in [0.05, 0.1) is 10.6 Å². The van der Waals surface area contributed by atoms with Crippen molar-refractivity contribution in [1.82, 2.24) is 10.2 Å². The molecule has 3 aromatic rings.